The third-order valence-electron chi connectivity index (χ3n) is 3.89. The number of anilines is 1. The maximum absolute atomic E-state index is 14.7. The highest BCUT2D eigenvalue weighted by Crippen LogP contribution is 2.30. The van der Waals surface area contributed by atoms with Gasteiger partial charge in [0.15, 0.2) is 23.7 Å². The summed E-state index contributed by atoms with van der Waals surface area (Å²) in [5.41, 5.74) is -0.170. The first-order valence-electron chi connectivity index (χ1n) is 7.88. The molecule has 0 spiro atoms. The van der Waals surface area contributed by atoms with Crippen LogP contribution in [-0.2, 0) is 4.74 Å². The van der Waals surface area contributed by atoms with Gasteiger partial charge in [0.2, 0.25) is 0 Å². The van der Waals surface area contributed by atoms with Gasteiger partial charge in [-0.1, -0.05) is 5.92 Å². The highest BCUT2D eigenvalue weighted by Gasteiger charge is 2.28. The summed E-state index contributed by atoms with van der Waals surface area (Å²) in [7, 11) is 0. The molecule has 7 heteroatoms. The molecule has 1 N–H and O–H groups in total. The molecule has 1 saturated heterocycles. The fourth-order valence-corrected chi connectivity index (χ4v) is 2.96. The van der Waals surface area contributed by atoms with Crippen molar-refractivity contribution in [2.45, 2.75) is 26.1 Å². The number of benzene rings is 1. The number of aromatic amines is 1. The van der Waals surface area contributed by atoms with E-state index in [9.17, 15) is 13.6 Å². The predicted molar refractivity (Wildman–Crippen MR) is 88.5 cm³/mol. The van der Waals surface area contributed by atoms with Crippen LogP contribution in [0.4, 0.5) is 14.5 Å². The predicted octanol–water partition coefficient (Wildman–Crippen LogP) is 2.51. The first-order valence-corrected chi connectivity index (χ1v) is 7.88. The summed E-state index contributed by atoms with van der Waals surface area (Å²) in [5.74, 6) is 3.29. The van der Waals surface area contributed by atoms with Gasteiger partial charge in [0.1, 0.15) is 0 Å². The number of H-pyrrole nitrogens is 1. The second-order valence-corrected chi connectivity index (χ2v) is 5.96. The number of aldehydes is 1. The Morgan fingerprint density at radius 3 is 2.60 bits per heavy atom. The van der Waals surface area contributed by atoms with Crippen molar-refractivity contribution in [1.29, 1.82) is 0 Å². The molecule has 1 aromatic heterocycles. The highest BCUT2D eigenvalue weighted by atomic mass is 19.2. The van der Waals surface area contributed by atoms with Crippen LogP contribution < -0.4 is 4.90 Å². The van der Waals surface area contributed by atoms with Crippen LogP contribution in [0.2, 0.25) is 0 Å². The summed E-state index contributed by atoms with van der Waals surface area (Å²) in [4.78, 5) is 19.8. The van der Waals surface area contributed by atoms with Crippen LogP contribution in [0, 0.1) is 23.5 Å². The van der Waals surface area contributed by atoms with Crippen molar-refractivity contribution in [2.75, 3.05) is 18.0 Å². The summed E-state index contributed by atoms with van der Waals surface area (Å²) in [6, 6.07) is 1.27. The molecule has 1 aliphatic rings. The van der Waals surface area contributed by atoms with Gasteiger partial charge in [0.05, 0.1) is 23.5 Å². The van der Waals surface area contributed by atoms with Crippen LogP contribution in [0.1, 0.15) is 35.6 Å². The lowest BCUT2D eigenvalue weighted by Crippen LogP contribution is -2.46. The van der Waals surface area contributed by atoms with Gasteiger partial charge < -0.3 is 14.6 Å². The van der Waals surface area contributed by atoms with Gasteiger partial charge in [-0.3, -0.25) is 4.79 Å². The van der Waals surface area contributed by atoms with Crippen molar-refractivity contribution in [3.8, 4) is 11.8 Å². The number of hydrogen-bond donors (Lipinski definition) is 1. The van der Waals surface area contributed by atoms with Crippen molar-refractivity contribution in [2.24, 2.45) is 0 Å². The molecule has 1 aliphatic heterocycles. The normalized spacial score (nSPS) is 20.1. The topological polar surface area (TPSA) is 58.2 Å². The minimum absolute atomic E-state index is 0.0435. The molecule has 0 amide bonds. The highest BCUT2D eigenvalue weighted by molar-refractivity contribution is 5.86. The Balaban J connectivity index is 2.03. The fourth-order valence-electron chi connectivity index (χ4n) is 2.96. The number of nitrogens with one attached hydrogen (secondary N) is 1. The molecule has 1 aromatic carbocycles. The lowest BCUT2D eigenvalue weighted by Gasteiger charge is -2.37. The third-order valence-corrected chi connectivity index (χ3v) is 3.89. The van der Waals surface area contributed by atoms with Crippen LogP contribution in [-0.4, -0.2) is 41.6 Å². The van der Waals surface area contributed by atoms with Crippen molar-refractivity contribution >= 4 is 12.0 Å². The summed E-state index contributed by atoms with van der Waals surface area (Å²) in [6.07, 6.45) is 3.29. The van der Waals surface area contributed by atoms with Gasteiger partial charge >= 0.3 is 0 Å². The second kappa shape index (κ2) is 7.03. The van der Waals surface area contributed by atoms with Crippen LogP contribution in [0.3, 0.4) is 0 Å². The Hall–Kier alpha value is -2.72. The number of rotatable bonds is 2. The third kappa shape index (κ3) is 3.54. The Labute approximate surface area is 144 Å². The van der Waals surface area contributed by atoms with Crippen LogP contribution in [0.5, 0.6) is 0 Å². The largest absolute Gasteiger partial charge is 0.372 e. The number of halogens is 2. The number of nitrogens with zero attached hydrogens (tertiary/aromatic N) is 2. The zero-order valence-electron chi connectivity index (χ0n) is 13.8. The average molecular weight is 345 g/mol. The number of morpholine rings is 1. The molecule has 2 heterocycles. The van der Waals surface area contributed by atoms with E-state index < -0.39 is 11.6 Å². The molecule has 0 saturated carbocycles. The van der Waals surface area contributed by atoms with Crippen LogP contribution in [0.15, 0.2) is 18.5 Å². The molecule has 2 aromatic rings. The molecule has 5 nitrogen and oxygen atoms in total. The summed E-state index contributed by atoms with van der Waals surface area (Å²) in [6.45, 7) is 4.44. The van der Waals surface area contributed by atoms with Gasteiger partial charge in [-0.15, -0.1) is 0 Å². The molecule has 1 fully saturated rings. The maximum atomic E-state index is 14.7. The Bertz CT molecular complexity index is 830. The minimum Gasteiger partial charge on any atom is -0.372 e. The first-order chi connectivity index (χ1) is 12.0. The molecule has 0 bridgehead atoms. The Morgan fingerprint density at radius 2 is 2.00 bits per heavy atom. The Kier molecular flexibility index (Phi) is 4.81. The molecular formula is C18H17F2N3O2. The van der Waals surface area contributed by atoms with Crippen molar-refractivity contribution in [3.63, 3.8) is 0 Å². The molecular weight excluding hydrogens is 328 g/mol. The van der Waals surface area contributed by atoms with Gasteiger partial charge in [-0.05, 0) is 25.8 Å². The minimum atomic E-state index is -1.08. The van der Waals surface area contributed by atoms with E-state index in [0.717, 1.165) is 0 Å². The van der Waals surface area contributed by atoms with Crippen molar-refractivity contribution in [3.05, 3.63) is 47.0 Å². The quantitative estimate of drug-likeness (QED) is 0.671. The maximum Gasteiger partial charge on any atom is 0.184 e. The van der Waals surface area contributed by atoms with Gasteiger partial charge in [0, 0.05) is 31.0 Å². The first kappa shape index (κ1) is 17.1. The smallest absolute Gasteiger partial charge is 0.184 e. The van der Waals surface area contributed by atoms with E-state index in [1.807, 2.05) is 13.8 Å². The van der Waals surface area contributed by atoms with E-state index in [2.05, 4.69) is 21.8 Å². The standard InChI is InChI=1S/C18H17F2N3O2/c1-11-8-23(9-12(2)25-11)18-14(10-24)7-13(16(19)17(18)20)3-4-15-21-5-6-22-15/h5-7,10-12H,8-9H2,1-2H3,(H,21,22)/t11-,12+. The number of hydrogen-bond acceptors (Lipinski definition) is 4. The number of carbonyl (C=O) groups excluding carboxylic acids is 1. The van der Waals surface area contributed by atoms with Crippen molar-refractivity contribution < 1.29 is 18.3 Å². The number of aromatic nitrogens is 2. The van der Waals surface area contributed by atoms with Gasteiger partial charge in [-0.2, -0.15) is 0 Å². The van der Waals surface area contributed by atoms with Crippen LogP contribution >= 0.6 is 0 Å². The van der Waals surface area contributed by atoms with Gasteiger partial charge in [0.25, 0.3) is 0 Å². The van der Waals surface area contributed by atoms with E-state index in [4.69, 9.17) is 4.74 Å². The summed E-state index contributed by atoms with van der Waals surface area (Å²) in [5, 5.41) is 0. The number of imidazole rings is 1. The van der Waals surface area contributed by atoms with Crippen LogP contribution in [0.25, 0.3) is 0 Å². The Morgan fingerprint density at radius 1 is 1.28 bits per heavy atom. The second-order valence-electron chi connectivity index (χ2n) is 5.96. The molecule has 2 atom stereocenters. The molecule has 25 heavy (non-hydrogen) atoms. The molecule has 0 radical (unpaired) electrons. The average Bonchev–Trinajstić information content (AvgIpc) is 3.08. The molecule has 130 valence electrons. The lowest BCUT2D eigenvalue weighted by molar-refractivity contribution is -0.00547. The zero-order valence-corrected chi connectivity index (χ0v) is 13.8. The summed E-state index contributed by atoms with van der Waals surface area (Å²) >= 11 is 0. The number of carbonyl (C=O) groups is 1. The summed E-state index contributed by atoms with van der Waals surface area (Å²) < 4.78 is 34.8. The molecule has 3 rings (SSSR count). The van der Waals surface area contributed by atoms with E-state index >= 15 is 0 Å². The molecule has 0 aliphatic carbocycles. The fraction of sp³-hybridized carbons (Fsp3) is 0.333. The van der Waals surface area contributed by atoms with E-state index in [-0.39, 0.29) is 29.0 Å². The number of ether oxygens (including phenoxy) is 1. The monoisotopic (exact) mass is 345 g/mol. The SMILES string of the molecule is C[C@@H]1CN(c2c(C=O)cc(C#Cc3ncc[nH]3)c(F)c2F)C[C@H](C)O1. The van der Waals surface area contributed by atoms with E-state index in [1.54, 1.807) is 11.1 Å². The zero-order chi connectivity index (χ0) is 18.0. The lowest BCUT2D eigenvalue weighted by atomic mass is 10.1. The van der Waals surface area contributed by atoms with E-state index in [0.29, 0.717) is 25.2 Å². The van der Waals surface area contributed by atoms with Crippen molar-refractivity contribution in [1.82, 2.24) is 9.97 Å². The molecule has 0 unspecified atom stereocenters. The van der Waals surface area contributed by atoms with Gasteiger partial charge in [-0.25, -0.2) is 13.8 Å². The van der Waals surface area contributed by atoms with E-state index in [1.165, 1.54) is 12.3 Å².